The summed E-state index contributed by atoms with van der Waals surface area (Å²) in [5.41, 5.74) is 0.475. The van der Waals surface area contributed by atoms with E-state index in [4.69, 9.17) is 4.74 Å². The average molecular weight is 430 g/mol. The van der Waals surface area contributed by atoms with Gasteiger partial charge in [0.05, 0.1) is 7.11 Å². The number of nitrogens with one attached hydrogen (secondary N) is 1. The summed E-state index contributed by atoms with van der Waals surface area (Å²) in [6.07, 6.45) is 4.57. The standard InChI is InChI=1S/C24H35N3O4/c1-17(2)23(29)27-14-10-18(11-15-27)21(24(30)26-12-5-4-6-13-26)25-22(28)19-8-7-9-20(16-19)31-3/h7-9,16-18,21H,4-6,10-15H2,1-3H3,(H,25,28)/t21-/m0/s1. The van der Waals surface area contributed by atoms with Gasteiger partial charge in [0.1, 0.15) is 11.8 Å². The molecule has 1 N–H and O–H groups in total. The van der Waals surface area contributed by atoms with Crippen LogP contribution in [0.4, 0.5) is 0 Å². The van der Waals surface area contributed by atoms with Gasteiger partial charge in [-0.25, -0.2) is 0 Å². The van der Waals surface area contributed by atoms with E-state index in [2.05, 4.69) is 5.32 Å². The maximum absolute atomic E-state index is 13.4. The first kappa shape index (κ1) is 23.1. The molecule has 2 aliphatic heterocycles. The maximum atomic E-state index is 13.4. The van der Waals surface area contributed by atoms with E-state index < -0.39 is 6.04 Å². The van der Waals surface area contributed by atoms with Crippen molar-refractivity contribution >= 4 is 17.7 Å². The topological polar surface area (TPSA) is 79.0 Å². The van der Waals surface area contributed by atoms with E-state index in [1.165, 1.54) is 0 Å². The first-order chi connectivity index (χ1) is 14.9. The Balaban J connectivity index is 1.74. The van der Waals surface area contributed by atoms with Crippen molar-refractivity contribution < 1.29 is 19.1 Å². The highest BCUT2D eigenvalue weighted by Gasteiger charge is 2.36. The van der Waals surface area contributed by atoms with Gasteiger partial charge < -0.3 is 19.9 Å². The van der Waals surface area contributed by atoms with Crippen molar-refractivity contribution in [1.82, 2.24) is 15.1 Å². The number of ether oxygens (including phenoxy) is 1. The van der Waals surface area contributed by atoms with Gasteiger partial charge in [-0.2, -0.15) is 0 Å². The smallest absolute Gasteiger partial charge is 0.252 e. The van der Waals surface area contributed by atoms with Crippen LogP contribution in [0.25, 0.3) is 0 Å². The van der Waals surface area contributed by atoms with E-state index in [1.807, 2.05) is 23.6 Å². The molecular weight excluding hydrogens is 394 g/mol. The monoisotopic (exact) mass is 429 g/mol. The molecule has 2 fully saturated rings. The molecule has 0 aliphatic carbocycles. The highest BCUT2D eigenvalue weighted by molar-refractivity contribution is 5.98. The molecule has 3 rings (SSSR count). The average Bonchev–Trinajstić information content (AvgIpc) is 2.82. The van der Waals surface area contributed by atoms with Crippen LogP contribution in [0.15, 0.2) is 24.3 Å². The van der Waals surface area contributed by atoms with E-state index in [9.17, 15) is 14.4 Å². The number of piperidine rings is 2. The molecule has 0 radical (unpaired) electrons. The van der Waals surface area contributed by atoms with Crippen LogP contribution in [0.1, 0.15) is 56.3 Å². The van der Waals surface area contributed by atoms with Gasteiger partial charge in [-0.05, 0) is 56.2 Å². The fourth-order valence-corrected chi connectivity index (χ4v) is 4.50. The number of carbonyl (C=O) groups is 3. The Morgan fingerprint density at radius 2 is 1.61 bits per heavy atom. The number of nitrogens with zero attached hydrogens (tertiary/aromatic N) is 2. The second kappa shape index (κ2) is 10.6. The van der Waals surface area contributed by atoms with Crippen molar-refractivity contribution in [2.24, 2.45) is 11.8 Å². The van der Waals surface area contributed by atoms with Crippen molar-refractivity contribution in [2.75, 3.05) is 33.3 Å². The number of amides is 3. The van der Waals surface area contributed by atoms with Gasteiger partial charge in [-0.3, -0.25) is 14.4 Å². The molecule has 2 heterocycles. The van der Waals surface area contributed by atoms with Gasteiger partial charge in [0.25, 0.3) is 5.91 Å². The largest absolute Gasteiger partial charge is 0.497 e. The molecule has 0 saturated carbocycles. The maximum Gasteiger partial charge on any atom is 0.252 e. The summed E-state index contributed by atoms with van der Waals surface area (Å²) in [4.78, 5) is 42.6. The van der Waals surface area contributed by atoms with Crippen LogP contribution in [-0.2, 0) is 9.59 Å². The van der Waals surface area contributed by atoms with Gasteiger partial charge in [-0.15, -0.1) is 0 Å². The Hall–Kier alpha value is -2.57. The summed E-state index contributed by atoms with van der Waals surface area (Å²) < 4.78 is 5.23. The highest BCUT2D eigenvalue weighted by atomic mass is 16.5. The number of hydrogen-bond acceptors (Lipinski definition) is 4. The number of hydrogen-bond donors (Lipinski definition) is 1. The van der Waals surface area contributed by atoms with Crippen molar-refractivity contribution in [2.45, 2.75) is 52.0 Å². The fraction of sp³-hybridized carbons (Fsp3) is 0.625. The summed E-state index contributed by atoms with van der Waals surface area (Å²) in [5.74, 6) is 0.472. The summed E-state index contributed by atoms with van der Waals surface area (Å²) >= 11 is 0. The van der Waals surface area contributed by atoms with Crippen LogP contribution in [0.5, 0.6) is 5.75 Å². The summed E-state index contributed by atoms with van der Waals surface area (Å²) in [6, 6.07) is 6.39. The van der Waals surface area contributed by atoms with Crippen LogP contribution in [0, 0.1) is 11.8 Å². The first-order valence-electron chi connectivity index (χ1n) is 11.4. The Labute approximate surface area is 185 Å². The minimum absolute atomic E-state index is 0.00424. The quantitative estimate of drug-likeness (QED) is 0.754. The zero-order chi connectivity index (χ0) is 22.4. The summed E-state index contributed by atoms with van der Waals surface area (Å²) in [6.45, 7) is 6.56. The van der Waals surface area contributed by atoms with Crippen molar-refractivity contribution in [3.8, 4) is 5.75 Å². The Morgan fingerprint density at radius 1 is 0.968 bits per heavy atom. The number of likely N-dealkylation sites (tertiary alicyclic amines) is 2. The van der Waals surface area contributed by atoms with Crippen LogP contribution >= 0.6 is 0 Å². The molecule has 0 aromatic heterocycles. The molecule has 0 unspecified atom stereocenters. The molecule has 1 atom stereocenters. The third-order valence-electron chi connectivity index (χ3n) is 6.37. The molecule has 31 heavy (non-hydrogen) atoms. The SMILES string of the molecule is COc1cccc(C(=O)N[C@H](C(=O)N2CCCCC2)C2CCN(C(=O)C(C)C)CC2)c1. The minimum atomic E-state index is -0.576. The lowest BCUT2D eigenvalue weighted by Crippen LogP contribution is -2.55. The predicted octanol–water partition coefficient (Wildman–Crippen LogP) is 2.70. The van der Waals surface area contributed by atoms with Crippen LogP contribution in [-0.4, -0.2) is 66.9 Å². The lowest BCUT2D eigenvalue weighted by atomic mass is 9.87. The van der Waals surface area contributed by atoms with Crippen LogP contribution in [0.2, 0.25) is 0 Å². The van der Waals surface area contributed by atoms with E-state index in [1.54, 1.807) is 31.4 Å². The molecular formula is C24H35N3O4. The number of benzene rings is 1. The van der Waals surface area contributed by atoms with Crippen molar-refractivity contribution in [3.63, 3.8) is 0 Å². The van der Waals surface area contributed by atoms with Crippen molar-refractivity contribution in [1.29, 1.82) is 0 Å². The number of carbonyl (C=O) groups excluding carboxylic acids is 3. The Bertz CT molecular complexity index is 781. The number of rotatable bonds is 6. The molecule has 1 aromatic carbocycles. The van der Waals surface area contributed by atoms with E-state index in [0.717, 1.165) is 32.4 Å². The third-order valence-corrected chi connectivity index (χ3v) is 6.37. The summed E-state index contributed by atoms with van der Waals surface area (Å²) in [7, 11) is 1.56. The van der Waals surface area contributed by atoms with E-state index in [-0.39, 0.29) is 29.6 Å². The molecule has 170 valence electrons. The molecule has 7 nitrogen and oxygen atoms in total. The van der Waals surface area contributed by atoms with Gasteiger partial charge in [-0.1, -0.05) is 19.9 Å². The van der Waals surface area contributed by atoms with Gasteiger partial charge in [0, 0.05) is 37.7 Å². The molecule has 2 aliphatic rings. The normalized spacial score (nSPS) is 18.6. The Morgan fingerprint density at radius 3 is 2.23 bits per heavy atom. The van der Waals surface area contributed by atoms with Crippen LogP contribution in [0.3, 0.4) is 0 Å². The van der Waals surface area contributed by atoms with E-state index >= 15 is 0 Å². The van der Waals surface area contributed by atoms with Gasteiger partial charge in [0.2, 0.25) is 11.8 Å². The van der Waals surface area contributed by atoms with Gasteiger partial charge >= 0.3 is 0 Å². The molecule has 0 spiro atoms. The molecule has 3 amide bonds. The first-order valence-corrected chi connectivity index (χ1v) is 11.4. The van der Waals surface area contributed by atoms with Gasteiger partial charge in [0.15, 0.2) is 0 Å². The van der Waals surface area contributed by atoms with Crippen molar-refractivity contribution in [3.05, 3.63) is 29.8 Å². The zero-order valence-corrected chi connectivity index (χ0v) is 18.9. The number of methoxy groups -OCH3 is 1. The fourth-order valence-electron chi connectivity index (χ4n) is 4.50. The Kier molecular flexibility index (Phi) is 7.93. The zero-order valence-electron chi connectivity index (χ0n) is 18.9. The minimum Gasteiger partial charge on any atom is -0.497 e. The molecule has 2 saturated heterocycles. The third kappa shape index (κ3) is 5.77. The lowest BCUT2D eigenvalue weighted by molar-refractivity contribution is -0.138. The second-order valence-corrected chi connectivity index (χ2v) is 8.89. The highest BCUT2D eigenvalue weighted by Crippen LogP contribution is 2.25. The molecule has 7 heteroatoms. The van der Waals surface area contributed by atoms with E-state index in [0.29, 0.717) is 37.2 Å². The summed E-state index contributed by atoms with van der Waals surface area (Å²) in [5, 5.41) is 3.03. The second-order valence-electron chi connectivity index (χ2n) is 8.89. The van der Waals surface area contributed by atoms with Crippen LogP contribution < -0.4 is 10.1 Å². The predicted molar refractivity (Wildman–Crippen MR) is 119 cm³/mol. The molecule has 1 aromatic rings. The molecule has 0 bridgehead atoms. The lowest BCUT2D eigenvalue weighted by Gasteiger charge is -2.39.